The number of aromatic nitrogens is 8. The summed E-state index contributed by atoms with van der Waals surface area (Å²) in [6.45, 7) is 0. The molecule has 7 rings (SSSR count). The van der Waals surface area contributed by atoms with Crippen LogP contribution in [0.25, 0.3) is 23.3 Å². The second kappa shape index (κ2) is 7.78. The molecule has 0 amide bonds. The third-order valence-electron chi connectivity index (χ3n) is 6.62. The van der Waals surface area contributed by atoms with Crippen LogP contribution in [0.3, 0.4) is 0 Å². The van der Waals surface area contributed by atoms with Gasteiger partial charge in [-0.15, -0.1) is 0 Å². The van der Waals surface area contributed by atoms with Gasteiger partial charge in [-0.25, -0.2) is 9.97 Å². The van der Waals surface area contributed by atoms with Crippen LogP contribution in [-0.4, -0.2) is 39.0 Å². The number of fused-ring (bicyclic) bond motifs is 8. The first kappa shape index (κ1) is 20.4. The van der Waals surface area contributed by atoms with Gasteiger partial charge in [-0.1, -0.05) is 0 Å². The quantitative estimate of drug-likeness (QED) is 0.301. The van der Waals surface area contributed by atoms with Crippen molar-refractivity contribution in [3.63, 3.8) is 0 Å². The Morgan fingerprint density at radius 1 is 0.556 bits per heavy atom. The summed E-state index contributed by atoms with van der Waals surface area (Å²) in [4.78, 5) is 23.6. The third-order valence-corrected chi connectivity index (χ3v) is 6.62. The normalized spacial score (nSPS) is 13.1. The van der Waals surface area contributed by atoms with Gasteiger partial charge in [-0.3, -0.25) is 0 Å². The van der Waals surface area contributed by atoms with Gasteiger partial charge in [-0.2, -0.15) is 0 Å². The summed E-state index contributed by atoms with van der Waals surface area (Å²) in [6.07, 6.45) is 11.8. The molecule has 0 fully saturated rings. The highest BCUT2D eigenvalue weighted by Crippen LogP contribution is 2.20. The van der Waals surface area contributed by atoms with E-state index in [-0.39, 0.29) is 0 Å². The molecule has 8 bridgehead atoms. The topological polar surface area (TPSA) is 98.8 Å². The maximum Gasteiger partial charge on any atom is 0.143 e. The van der Waals surface area contributed by atoms with E-state index in [0.717, 1.165) is 67.0 Å². The number of H-pyrrole nitrogens is 4. The second-order valence-electron chi connectivity index (χ2n) is 9.07. The molecule has 176 valence electrons. The lowest BCUT2D eigenvalue weighted by molar-refractivity contribution is 0.886. The summed E-state index contributed by atoms with van der Waals surface area (Å²) in [7, 11) is 4.02. The number of aromatic amines is 4. The minimum Gasteiger partial charge on any atom is -0.355 e. The van der Waals surface area contributed by atoms with Gasteiger partial charge in [0.2, 0.25) is 0 Å². The van der Waals surface area contributed by atoms with Crippen molar-refractivity contribution in [3.05, 3.63) is 129 Å². The van der Waals surface area contributed by atoms with Gasteiger partial charge in [-0.05, 0) is 60.7 Å². The molecule has 7 heterocycles. The number of hydrogen-bond donors (Lipinski definition) is 4. The Hall–Kier alpha value is -4.98. The van der Waals surface area contributed by atoms with Crippen molar-refractivity contribution in [2.45, 2.75) is 0 Å². The Kier molecular flexibility index (Phi) is 4.41. The van der Waals surface area contributed by atoms with Crippen LogP contribution in [0.4, 0.5) is 0 Å². The van der Waals surface area contributed by atoms with E-state index in [2.05, 4.69) is 90.6 Å². The first-order chi connectivity index (χ1) is 17.6. The van der Waals surface area contributed by atoms with Crippen LogP contribution < -0.4 is 21.4 Å². The predicted molar refractivity (Wildman–Crippen MR) is 138 cm³/mol. The van der Waals surface area contributed by atoms with E-state index < -0.39 is 0 Å². The number of nitrogens with one attached hydrogen (secondary N) is 4. The highest BCUT2D eigenvalue weighted by atomic mass is 15.0. The van der Waals surface area contributed by atoms with E-state index in [0.29, 0.717) is 0 Å². The lowest BCUT2D eigenvalue weighted by atomic mass is 10.1. The van der Waals surface area contributed by atoms with Gasteiger partial charge < -0.3 is 29.1 Å². The van der Waals surface area contributed by atoms with E-state index in [1.807, 2.05) is 48.0 Å². The number of nitrogens with zero attached hydrogens (tertiary/aromatic N) is 4. The van der Waals surface area contributed by atoms with Gasteiger partial charge in [0.1, 0.15) is 11.6 Å². The summed E-state index contributed by atoms with van der Waals surface area (Å²) >= 11 is 0. The van der Waals surface area contributed by atoms with Crippen molar-refractivity contribution >= 4 is 23.3 Å². The molecule has 0 unspecified atom stereocenters. The highest BCUT2D eigenvalue weighted by molar-refractivity contribution is 5.76. The van der Waals surface area contributed by atoms with Crippen LogP contribution in [0, 0.1) is 0 Å². The molecule has 0 radical (unpaired) electrons. The van der Waals surface area contributed by atoms with Gasteiger partial charge in [0.15, 0.2) is 0 Å². The molecule has 6 aromatic rings. The lowest BCUT2D eigenvalue weighted by Gasteiger charge is -2.06. The summed E-state index contributed by atoms with van der Waals surface area (Å²) in [6, 6.07) is 16.8. The minimum absolute atomic E-state index is 0.886. The average Bonchev–Trinajstić information content (AvgIpc) is 3.68. The standard InChI is InChI=1S/C28H24N8/c1-35-13-11-29-27(35)25-21-7-3-17(31-21)15-19-5-9-23(33-19)26(28-30-12-14-36(28)2)24-10-6-20(34-24)16-18-4-8-22(25)32-18/h3-16,31-34H,1-2H3. The third kappa shape index (κ3) is 3.31. The molecule has 0 atom stereocenters. The molecule has 0 aromatic carbocycles. The van der Waals surface area contributed by atoms with Crippen molar-refractivity contribution < 1.29 is 0 Å². The summed E-state index contributed by atoms with van der Waals surface area (Å²) in [5.74, 6) is 1.77. The fourth-order valence-corrected chi connectivity index (χ4v) is 4.89. The van der Waals surface area contributed by atoms with Crippen molar-refractivity contribution in [3.8, 4) is 0 Å². The summed E-state index contributed by atoms with van der Waals surface area (Å²) in [5, 5.41) is 3.97. The summed E-state index contributed by atoms with van der Waals surface area (Å²) < 4.78 is 4.07. The van der Waals surface area contributed by atoms with Crippen LogP contribution in [0.15, 0.2) is 73.3 Å². The molecule has 0 spiro atoms. The van der Waals surface area contributed by atoms with Gasteiger partial charge in [0.25, 0.3) is 0 Å². The van der Waals surface area contributed by atoms with E-state index in [1.165, 1.54) is 0 Å². The zero-order valence-electron chi connectivity index (χ0n) is 19.9. The predicted octanol–water partition coefficient (Wildman–Crippen LogP) is 0.932. The zero-order chi connectivity index (χ0) is 24.2. The molecule has 1 aliphatic rings. The first-order valence-electron chi connectivity index (χ1n) is 11.8. The maximum absolute atomic E-state index is 4.64. The number of hydrogen-bond acceptors (Lipinski definition) is 2. The van der Waals surface area contributed by atoms with Crippen molar-refractivity contribution in [1.29, 1.82) is 0 Å². The van der Waals surface area contributed by atoms with E-state index in [1.54, 1.807) is 0 Å². The monoisotopic (exact) mass is 472 g/mol. The molecule has 0 saturated carbocycles. The van der Waals surface area contributed by atoms with Gasteiger partial charge in [0.05, 0.1) is 33.2 Å². The average molecular weight is 473 g/mol. The molecule has 36 heavy (non-hydrogen) atoms. The SMILES string of the molecule is Cn1ccnc1C1=c2ccc([nH]2)=Cc2ccc([nH]2)C(c2nccn2C)=c2ccc([nH]2)=Cc2ccc1[nH]2. The van der Waals surface area contributed by atoms with E-state index >= 15 is 0 Å². The fraction of sp³-hybridized carbons (Fsp3) is 0.0714. The Morgan fingerprint density at radius 3 is 1.44 bits per heavy atom. The molecule has 8 heteroatoms. The number of imidazole rings is 2. The van der Waals surface area contributed by atoms with Crippen molar-refractivity contribution in [2.75, 3.05) is 0 Å². The summed E-state index contributed by atoms with van der Waals surface area (Å²) in [5.41, 5.74) is 6.00. The van der Waals surface area contributed by atoms with Crippen molar-refractivity contribution in [2.24, 2.45) is 14.1 Å². The molecular formula is C28H24N8. The molecule has 0 saturated heterocycles. The molecule has 6 aromatic heterocycles. The second-order valence-corrected chi connectivity index (χ2v) is 9.07. The molecule has 4 N–H and O–H groups in total. The van der Waals surface area contributed by atoms with Crippen LogP contribution in [0.5, 0.6) is 0 Å². The van der Waals surface area contributed by atoms with Gasteiger partial charge in [0, 0.05) is 61.0 Å². The fourth-order valence-electron chi connectivity index (χ4n) is 4.89. The first-order valence-corrected chi connectivity index (χ1v) is 11.8. The zero-order valence-corrected chi connectivity index (χ0v) is 19.9. The van der Waals surface area contributed by atoms with Crippen molar-refractivity contribution in [1.82, 2.24) is 39.0 Å². The van der Waals surface area contributed by atoms with Crippen LogP contribution in [0.1, 0.15) is 34.4 Å². The molecule has 1 aliphatic heterocycles. The van der Waals surface area contributed by atoms with E-state index in [4.69, 9.17) is 0 Å². The Morgan fingerprint density at radius 2 is 1.03 bits per heavy atom. The van der Waals surface area contributed by atoms with E-state index in [9.17, 15) is 0 Å². The smallest absolute Gasteiger partial charge is 0.143 e. The van der Waals surface area contributed by atoms with Gasteiger partial charge >= 0.3 is 0 Å². The highest BCUT2D eigenvalue weighted by Gasteiger charge is 2.15. The van der Waals surface area contributed by atoms with Crippen LogP contribution in [0.2, 0.25) is 0 Å². The van der Waals surface area contributed by atoms with Crippen LogP contribution >= 0.6 is 0 Å². The maximum atomic E-state index is 4.64. The lowest BCUT2D eigenvalue weighted by Crippen LogP contribution is -2.17. The largest absolute Gasteiger partial charge is 0.355 e. The molecule has 0 aliphatic carbocycles. The minimum atomic E-state index is 0.886. The number of rotatable bonds is 2. The molecule has 8 nitrogen and oxygen atoms in total. The number of aryl methyl sites for hydroxylation is 2. The molecular weight excluding hydrogens is 448 g/mol. The Bertz CT molecular complexity index is 1830. The Labute approximate surface area is 205 Å². The van der Waals surface area contributed by atoms with Crippen LogP contribution in [-0.2, 0) is 14.1 Å². The Balaban J connectivity index is 1.55.